The highest BCUT2D eigenvalue weighted by Gasteiger charge is 2.32. The highest BCUT2D eigenvalue weighted by atomic mass is 16.5. The number of carbonyl (C=O) groups is 3. The first-order valence-corrected chi connectivity index (χ1v) is 11.8. The maximum atomic E-state index is 12.9. The van der Waals surface area contributed by atoms with E-state index in [0.29, 0.717) is 12.8 Å². The second-order valence-corrected chi connectivity index (χ2v) is 9.84. The van der Waals surface area contributed by atoms with Crippen LogP contribution in [0.1, 0.15) is 64.0 Å². The van der Waals surface area contributed by atoms with Gasteiger partial charge in [0.2, 0.25) is 5.91 Å². The summed E-state index contributed by atoms with van der Waals surface area (Å²) in [6, 6.07) is 14.8. The molecule has 0 spiro atoms. The number of hydrogen-bond donors (Lipinski definition) is 3. The van der Waals surface area contributed by atoms with Gasteiger partial charge in [-0.1, -0.05) is 82.6 Å². The van der Waals surface area contributed by atoms with Crippen LogP contribution in [0.3, 0.4) is 0 Å². The van der Waals surface area contributed by atoms with E-state index in [1.54, 1.807) is 0 Å². The lowest BCUT2D eigenvalue weighted by atomic mass is 9.84. The second kappa shape index (κ2) is 10.7. The largest absolute Gasteiger partial charge is 0.481 e. The van der Waals surface area contributed by atoms with Crippen LogP contribution in [0.4, 0.5) is 4.79 Å². The van der Waals surface area contributed by atoms with E-state index in [1.165, 1.54) is 0 Å². The fourth-order valence-electron chi connectivity index (χ4n) is 4.36. The first kappa shape index (κ1) is 25.3. The van der Waals surface area contributed by atoms with E-state index < -0.39 is 35.5 Å². The summed E-state index contributed by atoms with van der Waals surface area (Å²) in [4.78, 5) is 36.8. The number of nitrogens with one attached hydrogen (secondary N) is 2. The normalized spacial score (nSPS) is 14.5. The first-order chi connectivity index (χ1) is 16.1. The summed E-state index contributed by atoms with van der Waals surface area (Å²) in [6.07, 6.45) is 0.223. The van der Waals surface area contributed by atoms with Gasteiger partial charge in [-0.25, -0.2) is 4.79 Å². The van der Waals surface area contributed by atoms with Crippen LogP contribution in [0.2, 0.25) is 0 Å². The number of benzene rings is 2. The van der Waals surface area contributed by atoms with Gasteiger partial charge in [0, 0.05) is 12.0 Å². The average Bonchev–Trinajstić information content (AvgIpc) is 3.10. The minimum atomic E-state index is -0.989. The van der Waals surface area contributed by atoms with Crippen molar-refractivity contribution in [2.75, 3.05) is 6.61 Å². The lowest BCUT2D eigenvalue weighted by Gasteiger charge is -2.32. The summed E-state index contributed by atoms with van der Waals surface area (Å²) in [5.41, 5.74) is 4.06. The zero-order valence-corrected chi connectivity index (χ0v) is 20.3. The predicted molar refractivity (Wildman–Crippen MR) is 131 cm³/mol. The summed E-state index contributed by atoms with van der Waals surface area (Å²) in [5, 5.41) is 14.7. The monoisotopic (exact) mass is 466 g/mol. The topological polar surface area (TPSA) is 105 Å². The van der Waals surface area contributed by atoms with Crippen LogP contribution < -0.4 is 10.6 Å². The van der Waals surface area contributed by atoms with E-state index in [1.807, 2.05) is 64.1 Å². The summed E-state index contributed by atoms with van der Waals surface area (Å²) >= 11 is 0. The van der Waals surface area contributed by atoms with Crippen molar-refractivity contribution in [3.8, 4) is 11.1 Å². The van der Waals surface area contributed by atoms with Gasteiger partial charge in [0.05, 0.1) is 6.42 Å². The van der Waals surface area contributed by atoms with Crippen LogP contribution in [0.15, 0.2) is 48.5 Å². The molecule has 0 bridgehead atoms. The molecule has 0 aromatic heterocycles. The second-order valence-electron chi connectivity index (χ2n) is 9.84. The van der Waals surface area contributed by atoms with Crippen LogP contribution in [-0.4, -0.2) is 41.8 Å². The van der Waals surface area contributed by atoms with E-state index >= 15 is 0 Å². The number of ether oxygens (including phenoxy) is 1. The lowest BCUT2D eigenvalue weighted by molar-refractivity contribution is -0.138. The van der Waals surface area contributed by atoms with Crippen LogP contribution in [-0.2, 0) is 14.3 Å². The molecule has 0 heterocycles. The molecular weight excluding hydrogens is 432 g/mol. The highest BCUT2D eigenvalue weighted by Crippen LogP contribution is 2.44. The number of alkyl carbamates (subject to hydrolysis) is 1. The Kier molecular flexibility index (Phi) is 7.97. The molecule has 182 valence electrons. The number of fused-ring (bicyclic) bond motifs is 3. The maximum absolute atomic E-state index is 12.9. The van der Waals surface area contributed by atoms with Crippen LogP contribution in [0, 0.1) is 5.41 Å². The third-order valence-electron chi connectivity index (χ3n) is 6.27. The molecule has 2 unspecified atom stereocenters. The van der Waals surface area contributed by atoms with Crippen molar-refractivity contribution in [2.45, 2.75) is 65.0 Å². The molecular formula is C27H34N2O5. The van der Waals surface area contributed by atoms with Crippen molar-refractivity contribution in [2.24, 2.45) is 5.41 Å². The first-order valence-electron chi connectivity index (χ1n) is 11.8. The number of rotatable bonds is 9. The predicted octanol–water partition coefficient (Wildman–Crippen LogP) is 4.70. The standard InChI is InChI=1S/C27H34N2O5/c1-5-10-22(25(32)29-23(15-24(30)31)27(2,3)4)28-26(33)34-16-21-19-13-8-6-11-17(19)18-12-7-9-14-20(18)21/h6-9,11-14,21-23H,5,10,15-16H2,1-4H3,(H,28,33)(H,29,32)(H,30,31). The number of carbonyl (C=O) groups excluding carboxylic acids is 2. The Morgan fingerprint density at radius 1 is 0.971 bits per heavy atom. The molecule has 7 nitrogen and oxygen atoms in total. The molecule has 3 N–H and O–H groups in total. The van der Waals surface area contributed by atoms with E-state index in [4.69, 9.17) is 4.74 Å². The van der Waals surface area contributed by atoms with Gasteiger partial charge >= 0.3 is 12.1 Å². The van der Waals surface area contributed by atoms with Crippen LogP contribution in [0.5, 0.6) is 0 Å². The summed E-state index contributed by atoms with van der Waals surface area (Å²) in [5.74, 6) is -1.47. The van der Waals surface area contributed by atoms with Gasteiger partial charge in [-0.3, -0.25) is 9.59 Å². The Hall–Kier alpha value is -3.35. The molecule has 2 atom stereocenters. The Labute approximate surface area is 200 Å². The van der Waals surface area contributed by atoms with Gasteiger partial charge < -0.3 is 20.5 Å². The zero-order valence-electron chi connectivity index (χ0n) is 20.3. The molecule has 7 heteroatoms. The zero-order chi connectivity index (χ0) is 24.9. The van der Waals surface area contributed by atoms with E-state index in [0.717, 1.165) is 22.3 Å². The molecule has 1 aliphatic rings. The molecule has 0 radical (unpaired) electrons. The average molecular weight is 467 g/mol. The summed E-state index contributed by atoms with van der Waals surface area (Å²) in [7, 11) is 0. The third-order valence-corrected chi connectivity index (χ3v) is 6.27. The Morgan fingerprint density at radius 2 is 1.53 bits per heavy atom. The maximum Gasteiger partial charge on any atom is 0.407 e. The highest BCUT2D eigenvalue weighted by molar-refractivity contribution is 5.86. The van der Waals surface area contributed by atoms with Gasteiger partial charge in [-0.2, -0.15) is 0 Å². The Morgan fingerprint density at radius 3 is 2.03 bits per heavy atom. The van der Waals surface area contributed by atoms with Crippen molar-refractivity contribution in [1.82, 2.24) is 10.6 Å². The quantitative estimate of drug-likeness (QED) is 0.497. The summed E-state index contributed by atoms with van der Waals surface area (Å²) in [6.45, 7) is 7.68. The van der Waals surface area contributed by atoms with Crippen LogP contribution >= 0.6 is 0 Å². The van der Waals surface area contributed by atoms with Crippen molar-refractivity contribution < 1.29 is 24.2 Å². The fourth-order valence-corrected chi connectivity index (χ4v) is 4.36. The number of carboxylic acid groups (broad SMARTS) is 1. The lowest BCUT2D eigenvalue weighted by Crippen LogP contribution is -2.53. The molecule has 1 aliphatic carbocycles. The molecule has 2 aromatic carbocycles. The minimum absolute atomic E-state index is 0.0718. The molecule has 2 aromatic rings. The molecule has 0 saturated heterocycles. The molecule has 34 heavy (non-hydrogen) atoms. The smallest absolute Gasteiger partial charge is 0.407 e. The number of hydrogen-bond acceptors (Lipinski definition) is 4. The minimum Gasteiger partial charge on any atom is -0.481 e. The van der Waals surface area contributed by atoms with Crippen molar-refractivity contribution in [1.29, 1.82) is 0 Å². The van der Waals surface area contributed by atoms with Gasteiger partial charge in [-0.15, -0.1) is 0 Å². The molecule has 3 rings (SSSR count). The fraction of sp³-hybridized carbons (Fsp3) is 0.444. The van der Waals surface area contributed by atoms with E-state index in [-0.39, 0.29) is 18.9 Å². The number of carboxylic acids is 1. The third kappa shape index (κ3) is 5.95. The molecule has 0 saturated carbocycles. The van der Waals surface area contributed by atoms with Gasteiger partial charge in [-0.05, 0) is 34.1 Å². The molecule has 0 aliphatic heterocycles. The van der Waals surface area contributed by atoms with E-state index in [9.17, 15) is 19.5 Å². The van der Waals surface area contributed by atoms with Crippen molar-refractivity contribution in [3.63, 3.8) is 0 Å². The number of aliphatic carboxylic acids is 1. The Balaban J connectivity index is 1.65. The molecule has 2 amide bonds. The van der Waals surface area contributed by atoms with Crippen LogP contribution in [0.25, 0.3) is 11.1 Å². The van der Waals surface area contributed by atoms with Gasteiger partial charge in [0.25, 0.3) is 0 Å². The van der Waals surface area contributed by atoms with E-state index in [2.05, 4.69) is 22.8 Å². The van der Waals surface area contributed by atoms with Gasteiger partial charge in [0.15, 0.2) is 0 Å². The van der Waals surface area contributed by atoms with Crippen molar-refractivity contribution in [3.05, 3.63) is 59.7 Å². The summed E-state index contributed by atoms with van der Waals surface area (Å²) < 4.78 is 5.58. The SMILES string of the molecule is CCCC(NC(=O)OCC1c2ccccc2-c2ccccc21)C(=O)NC(CC(=O)O)C(C)(C)C. The van der Waals surface area contributed by atoms with Gasteiger partial charge in [0.1, 0.15) is 12.6 Å². The Bertz CT molecular complexity index is 998. The molecule has 0 fully saturated rings. The number of amides is 2. The van der Waals surface area contributed by atoms with Crippen molar-refractivity contribution >= 4 is 18.0 Å².